The highest BCUT2D eigenvalue weighted by Gasteiger charge is 2.13. The molecule has 1 aromatic carbocycles. The zero-order valence-corrected chi connectivity index (χ0v) is 11.5. The highest BCUT2D eigenvalue weighted by atomic mass is 16.4. The van der Waals surface area contributed by atoms with Crippen molar-refractivity contribution in [2.24, 2.45) is 5.92 Å². The van der Waals surface area contributed by atoms with Gasteiger partial charge in [-0.15, -0.1) is 0 Å². The molecular formula is C14H20N2O3. The molecule has 0 radical (unpaired) electrons. The van der Waals surface area contributed by atoms with Crippen LogP contribution in [-0.2, 0) is 11.3 Å². The van der Waals surface area contributed by atoms with Gasteiger partial charge < -0.3 is 15.3 Å². The average molecular weight is 264 g/mol. The van der Waals surface area contributed by atoms with Crippen LogP contribution in [0.4, 0.5) is 0 Å². The zero-order valence-electron chi connectivity index (χ0n) is 11.5. The van der Waals surface area contributed by atoms with Gasteiger partial charge in [0.2, 0.25) is 5.91 Å². The maximum Gasteiger partial charge on any atom is 0.335 e. The molecule has 5 heteroatoms. The molecule has 19 heavy (non-hydrogen) atoms. The zero-order chi connectivity index (χ0) is 14.4. The Morgan fingerprint density at radius 3 is 2.37 bits per heavy atom. The maximum absolute atomic E-state index is 11.4. The van der Waals surface area contributed by atoms with E-state index in [1.54, 1.807) is 31.3 Å². The summed E-state index contributed by atoms with van der Waals surface area (Å²) in [7, 11) is 3.56. The third kappa shape index (κ3) is 4.71. The molecule has 0 aliphatic heterocycles. The van der Waals surface area contributed by atoms with Crippen molar-refractivity contribution in [1.82, 2.24) is 10.2 Å². The topological polar surface area (TPSA) is 69.6 Å². The molecule has 0 aliphatic carbocycles. The van der Waals surface area contributed by atoms with Gasteiger partial charge in [-0.1, -0.05) is 19.1 Å². The Kier molecular flexibility index (Phi) is 5.51. The maximum atomic E-state index is 11.4. The van der Waals surface area contributed by atoms with Gasteiger partial charge in [-0.3, -0.25) is 4.79 Å². The van der Waals surface area contributed by atoms with Gasteiger partial charge in [0, 0.05) is 26.1 Å². The number of carboxylic acid groups (broad SMARTS) is 1. The van der Waals surface area contributed by atoms with Gasteiger partial charge in [0.15, 0.2) is 0 Å². The number of carbonyl (C=O) groups is 2. The van der Waals surface area contributed by atoms with Gasteiger partial charge in [-0.05, 0) is 24.7 Å². The van der Waals surface area contributed by atoms with Crippen LogP contribution in [0.1, 0.15) is 22.8 Å². The van der Waals surface area contributed by atoms with Crippen molar-refractivity contribution >= 4 is 11.9 Å². The molecule has 1 atom stereocenters. The van der Waals surface area contributed by atoms with E-state index in [0.29, 0.717) is 13.1 Å². The average Bonchev–Trinajstić information content (AvgIpc) is 2.38. The summed E-state index contributed by atoms with van der Waals surface area (Å²) >= 11 is 0. The monoisotopic (exact) mass is 264 g/mol. The summed E-state index contributed by atoms with van der Waals surface area (Å²) < 4.78 is 0. The third-order valence-corrected chi connectivity index (χ3v) is 2.93. The number of aromatic carboxylic acids is 1. The highest BCUT2D eigenvalue weighted by molar-refractivity contribution is 5.87. The summed E-state index contributed by atoms with van der Waals surface area (Å²) in [6.07, 6.45) is 0. The van der Waals surface area contributed by atoms with Crippen LogP contribution in [0.25, 0.3) is 0 Å². The molecule has 2 N–H and O–H groups in total. The molecule has 0 saturated heterocycles. The van der Waals surface area contributed by atoms with Gasteiger partial charge in [0.25, 0.3) is 0 Å². The summed E-state index contributed by atoms with van der Waals surface area (Å²) in [6, 6.07) is 6.77. The number of nitrogens with one attached hydrogen (secondary N) is 1. The number of rotatable bonds is 6. The lowest BCUT2D eigenvalue weighted by Gasteiger charge is -2.20. The largest absolute Gasteiger partial charge is 0.478 e. The highest BCUT2D eigenvalue weighted by Crippen LogP contribution is 2.08. The van der Waals surface area contributed by atoms with Crippen LogP contribution >= 0.6 is 0 Å². The van der Waals surface area contributed by atoms with Crippen LogP contribution in [0.2, 0.25) is 0 Å². The first-order valence-electron chi connectivity index (χ1n) is 6.16. The summed E-state index contributed by atoms with van der Waals surface area (Å²) in [5.74, 6) is -0.977. The Hall–Kier alpha value is -1.88. The summed E-state index contributed by atoms with van der Waals surface area (Å²) in [5, 5.41) is 11.4. The Labute approximate surface area is 113 Å². The molecule has 1 unspecified atom stereocenters. The normalized spacial score (nSPS) is 12.2. The van der Waals surface area contributed by atoms with Crippen LogP contribution in [0.3, 0.4) is 0 Å². The molecule has 104 valence electrons. The lowest BCUT2D eigenvalue weighted by Crippen LogP contribution is -2.34. The van der Waals surface area contributed by atoms with Gasteiger partial charge in [-0.2, -0.15) is 0 Å². The van der Waals surface area contributed by atoms with E-state index >= 15 is 0 Å². The molecule has 0 aromatic heterocycles. The van der Waals surface area contributed by atoms with Crippen LogP contribution in [0, 0.1) is 5.92 Å². The van der Waals surface area contributed by atoms with E-state index in [-0.39, 0.29) is 17.4 Å². The first-order chi connectivity index (χ1) is 8.93. The van der Waals surface area contributed by atoms with E-state index in [9.17, 15) is 9.59 Å². The molecule has 1 aromatic rings. The van der Waals surface area contributed by atoms with Crippen molar-refractivity contribution in [1.29, 1.82) is 0 Å². The molecule has 0 spiro atoms. The summed E-state index contributed by atoms with van der Waals surface area (Å²) in [6.45, 7) is 3.21. The van der Waals surface area contributed by atoms with Gasteiger partial charge in [0.1, 0.15) is 0 Å². The van der Waals surface area contributed by atoms with E-state index in [2.05, 4.69) is 5.32 Å². The Balaban J connectivity index is 2.54. The van der Waals surface area contributed by atoms with E-state index in [4.69, 9.17) is 5.11 Å². The quantitative estimate of drug-likeness (QED) is 0.810. The number of carbonyl (C=O) groups excluding carboxylic acids is 1. The van der Waals surface area contributed by atoms with Crippen LogP contribution in [0.15, 0.2) is 24.3 Å². The Morgan fingerprint density at radius 1 is 1.32 bits per heavy atom. The second-order valence-electron chi connectivity index (χ2n) is 4.71. The van der Waals surface area contributed by atoms with Crippen LogP contribution in [-0.4, -0.2) is 42.5 Å². The summed E-state index contributed by atoms with van der Waals surface area (Å²) in [4.78, 5) is 24.2. The van der Waals surface area contributed by atoms with Crippen molar-refractivity contribution in [3.8, 4) is 0 Å². The van der Waals surface area contributed by atoms with Gasteiger partial charge in [0.05, 0.1) is 5.56 Å². The lowest BCUT2D eigenvalue weighted by atomic mass is 10.1. The van der Waals surface area contributed by atoms with E-state index in [1.807, 2.05) is 18.9 Å². The first-order valence-corrected chi connectivity index (χ1v) is 6.16. The Morgan fingerprint density at radius 2 is 1.89 bits per heavy atom. The molecule has 1 rings (SSSR count). The molecule has 0 saturated carbocycles. The lowest BCUT2D eigenvalue weighted by molar-refractivity contribution is -0.124. The van der Waals surface area contributed by atoms with Crippen LogP contribution < -0.4 is 5.32 Å². The van der Waals surface area contributed by atoms with Crippen molar-refractivity contribution in [2.45, 2.75) is 13.5 Å². The third-order valence-electron chi connectivity index (χ3n) is 2.93. The number of amides is 1. The minimum absolute atomic E-state index is 0.0214. The number of carboxylic acids is 1. The first kappa shape index (κ1) is 15.2. The molecule has 5 nitrogen and oxygen atoms in total. The second-order valence-corrected chi connectivity index (χ2v) is 4.71. The fourth-order valence-electron chi connectivity index (χ4n) is 1.93. The second kappa shape index (κ2) is 6.89. The van der Waals surface area contributed by atoms with Crippen molar-refractivity contribution in [3.63, 3.8) is 0 Å². The molecule has 0 heterocycles. The number of benzene rings is 1. The molecule has 1 amide bonds. The molecule has 0 bridgehead atoms. The number of hydrogen-bond donors (Lipinski definition) is 2. The van der Waals surface area contributed by atoms with Crippen molar-refractivity contribution in [3.05, 3.63) is 35.4 Å². The predicted molar refractivity (Wildman–Crippen MR) is 73.0 cm³/mol. The molecule has 0 fully saturated rings. The van der Waals surface area contributed by atoms with Crippen LogP contribution in [0.5, 0.6) is 0 Å². The van der Waals surface area contributed by atoms with E-state index < -0.39 is 5.97 Å². The van der Waals surface area contributed by atoms with Gasteiger partial charge in [-0.25, -0.2) is 4.79 Å². The van der Waals surface area contributed by atoms with E-state index in [1.165, 1.54) is 0 Å². The fraction of sp³-hybridized carbons (Fsp3) is 0.429. The van der Waals surface area contributed by atoms with Gasteiger partial charge >= 0.3 is 5.97 Å². The summed E-state index contributed by atoms with van der Waals surface area (Å²) in [5.41, 5.74) is 1.31. The molecule has 0 aliphatic rings. The number of nitrogens with zero attached hydrogens (tertiary/aromatic N) is 1. The molecular weight excluding hydrogens is 244 g/mol. The Bertz CT molecular complexity index is 443. The minimum atomic E-state index is -0.923. The smallest absolute Gasteiger partial charge is 0.335 e. The number of hydrogen-bond acceptors (Lipinski definition) is 3. The standard InChI is InChI=1S/C14H20N2O3/c1-10(13(17)15-2)8-16(3)9-11-4-6-12(7-5-11)14(18)19/h4-7,10H,8-9H2,1-3H3,(H,15,17)(H,18,19). The van der Waals surface area contributed by atoms with Crippen molar-refractivity contribution < 1.29 is 14.7 Å². The van der Waals surface area contributed by atoms with E-state index in [0.717, 1.165) is 5.56 Å². The fourth-order valence-corrected chi connectivity index (χ4v) is 1.93. The SMILES string of the molecule is CNC(=O)C(C)CN(C)Cc1ccc(C(=O)O)cc1. The van der Waals surface area contributed by atoms with Crippen molar-refractivity contribution in [2.75, 3.05) is 20.6 Å². The predicted octanol–water partition coefficient (Wildman–Crippen LogP) is 1.20. The minimum Gasteiger partial charge on any atom is -0.478 e.